The van der Waals surface area contributed by atoms with Crippen molar-refractivity contribution in [2.24, 2.45) is 11.8 Å². The number of hydrogen-bond donors (Lipinski definition) is 1. The highest BCUT2D eigenvalue weighted by atomic mass is 19.1. The van der Waals surface area contributed by atoms with Crippen molar-refractivity contribution in [3.05, 3.63) is 35.1 Å². The van der Waals surface area contributed by atoms with Crippen LogP contribution in [0, 0.1) is 17.7 Å². The van der Waals surface area contributed by atoms with Crippen LogP contribution < -0.4 is 0 Å². The third-order valence-corrected chi connectivity index (χ3v) is 6.30. The molecule has 1 N–H and O–H groups in total. The number of ether oxygens (including phenoxy) is 1. The van der Waals surface area contributed by atoms with E-state index in [9.17, 15) is 18.8 Å². The maximum absolute atomic E-state index is 14.1. The van der Waals surface area contributed by atoms with Gasteiger partial charge in [-0.2, -0.15) is 0 Å². The lowest BCUT2D eigenvalue weighted by Crippen LogP contribution is -2.47. The van der Waals surface area contributed by atoms with Crippen LogP contribution in [0.25, 0.3) is 0 Å². The van der Waals surface area contributed by atoms with Gasteiger partial charge < -0.3 is 9.84 Å². The van der Waals surface area contributed by atoms with E-state index in [2.05, 4.69) is 0 Å². The number of likely N-dealkylation sites (tertiary alicyclic amines) is 1. The molecule has 0 aromatic heterocycles. The van der Waals surface area contributed by atoms with Crippen molar-refractivity contribution < 1.29 is 28.6 Å². The number of carboxylic acid groups (broad SMARTS) is 1. The minimum atomic E-state index is -1.35. The number of aromatic carboxylic acids is 1. The maximum atomic E-state index is 14.1. The zero-order chi connectivity index (χ0) is 22.8. The first-order chi connectivity index (χ1) is 14.6. The van der Waals surface area contributed by atoms with E-state index in [-0.39, 0.29) is 18.1 Å². The fourth-order valence-corrected chi connectivity index (χ4v) is 4.96. The molecule has 31 heavy (non-hydrogen) atoms. The summed E-state index contributed by atoms with van der Waals surface area (Å²) >= 11 is 0. The predicted octanol–water partition coefficient (Wildman–Crippen LogP) is 4.84. The first-order valence-electron chi connectivity index (χ1n) is 11.1. The van der Waals surface area contributed by atoms with Gasteiger partial charge in [-0.15, -0.1) is 0 Å². The van der Waals surface area contributed by atoms with E-state index in [4.69, 9.17) is 9.84 Å². The van der Waals surface area contributed by atoms with Gasteiger partial charge in [0.2, 0.25) is 0 Å². The average molecular weight is 434 g/mol. The normalized spacial score (nSPS) is 22.4. The van der Waals surface area contributed by atoms with Gasteiger partial charge in [-0.05, 0) is 56.7 Å². The third kappa shape index (κ3) is 5.63. The smallest absolute Gasteiger partial charge is 0.410 e. The Balaban J connectivity index is 1.83. The molecule has 2 atom stereocenters. The fourth-order valence-electron chi connectivity index (χ4n) is 4.96. The number of Topliss-reactive ketones (excluding diaryl/α,β-unsaturated/α-hetero) is 1. The minimum Gasteiger partial charge on any atom is -0.478 e. The van der Waals surface area contributed by atoms with Gasteiger partial charge in [0.25, 0.3) is 0 Å². The van der Waals surface area contributed by atoms with Crippen molar-refractivity contribution in [1.82, 2.24) is 4.90 Å². The van der Waals surface area contributed by atoms with Gasteiger partial charge in [-0.25, -0.2) is 14.0 Å². The van der Waals surface area contributed by atoms with E-state index in [1.807, 2.05) is 0 Å². The summed E-state index contributed by atoms with van der Waals surface area (Å²) in [5, 5.41) is 9.01. The van der Waals surface area contributed by atoms with Crippen LogP contribution in [0.2, 0.25) is 0 Å². The van der Waals surface area contributed by atoms with Crippen molar-refractivity contribution in [3.8, 4) is 0 Å². The van der Waals surface area contributed by atoms with E-state index < -0.39 is 35.1 Å². The SMILES string of the molecule is CC(C)(C)OC(=O)N1CC[C@@H](C2CCCCC2)[C@H]1C(=O)Cc1ccc(C(=O)O)c(F)c1. The van der Waals surface area contributed by atoms with Gasteiger partial charge in [-0.1, -0.05) is 38.2 Å². The molecule has 0 unspecified atom stereocenters. The summed E-state index contributed by atoms with van der Waals surface area (Å²) in [4.78, 5) is 38.8. The number of carbonyl (C=O) groups is 3. The van der Waals surface area contributed by atoms with E-state index in [0.29, 0.717) is 18.0 Å². The lowest BCUT2D eigenvalue weighted by molar-refractivity contribution is -0.124. The number of ketones is 1. The Hall–Kier alpha value is -2.44. The Labute approximate surface area is 182 Å². The number of carbonyl (C=O) groups excluding carboxylic acids is 2. The molecule has 1 saturated heterocycles. The Morgan fingerprint density at radius 1 is 1.13 bits per heavy atom. The minimum absolute atomic E-state index is 0.0516. The van der Waals surface area contributed by atoms with Crippen LogP contribution >= 0.6 is 0 Å². The second-order valence-corrected chi connectivity index (χ2v) is 9.73. The predicted molar refractivity (Wildman–Crippen MR) is 113 cm³/mol. The monoisotopic (exact) mass is 433 g/mol. The maximum Gasteiger partial charge on any atom is 0.410 e. The molecule has 7 heteroatoms. The standard InChI is InChI=1S/C24H32FNO5/c1-24(2,3)31-23(30)26-12-11-17(16-7-5-4-6-8-16)21(26)20(27)14-15-9-10-18(22(28)29)19(25)13-15/h9-10,13,16-17,21H,4-8,11-12,14H2,1-3H3,(H,28,29)/t17-,21-/m0/s1. The summed E-state index contributed by atoms with van der Waals surface area (Å²) in [5.41, 5.74) is -0.679. The number of rotatable bonds is 5. The van der Waals surface area contributed by atoms with E-state index in [0.717, 1.165) is 38.2 Å². The highest BCUT2D eigenvalue weighted by Gasteiger charge is 2.46. The van der Waals surface area contributed by atoms with Crippen molar-refractivity contribution in [3.63, 3.8) is 0 Å². The van der Waals surface area contributed by atoms with Crippen LogP contribution in [0.5, 0.6) is 0 Å². The second kappa shape index (κ2) is 9.37. The molecule has 1 aliphatic carbocycles. The van der Waals surface area contributed by atoms with Crippen molar-refractivity contribution in [2.45, 2.75) is 77.4 Å². The molecule has 0 bridgehead atoms. The molecule has 1 heterocycles. The molecule has 1 saturated carbocycles. The third-order valence-electron chi connectivity index (χ3n) is 6.30. The Morgan fingerprint density at radius 3 is 2.39 bits per heavy atom. The van der Waals surface area contributed by atoms with Crippen LogP contribution in [0.3, 0.4) is 0 Å². The van der Waals surface area contributed by atoms with Crippen molar-refractivity contribution in [1.29, 1.82) is 0 Å². The number of amides is 1. The molecule has 1 aromatic carbocycles. The van der Waals surface area contributed by atoms with Crippen LogP contribution in [-0.4, -0.2) is 46.0 Å². The quantitative estimate of drug-likeness (QED) is 0.718. The molecule has 170 valence electrons. The molecular formula is C24H32FNO5. The van der Waals surface area contributed by atoms with Crippen LogP contribution in [0.4, 0.5) is 9.18 Å². The number of benzene rings is 1. The fraction of sp³-hybridized carbons (Fsp3) is 0.625. The topological polar surface area (TPSA) is 83.9 Å². The molecule has 2 aliphatic rings. The van der Waals surface area contributed by atoms with Crippen LogP contribution in [0.1, 0.15) is 75.2 Å². The largest absolute Gasteiger partial charge is 0.478 e. The molecule has 1 aliphatic heterocycles. The summed E-state index contributed by atoms with van der Waals surface area (Å²) < 4.78 is 19.7. The molecule has 1 aromatic rings. The molecular weight excluding hydrogens is 401 g/mol. The van der Waals surface area contributed by atoms with Crippen molar-refractivity contribution in [2.75, 3.05) is 6.54 Å². The number of carboxylic acids is 1. The summed E-state index contributed by atoms with van der Waals surface area (Å²) in [6.45, 7) is 5.86. The molecule has 3 rings (SSSR count). The number of nitrogens with zero attached hydrogens (tertiary/aromatic N) is 1. The zero-order valence-corrected chi connectivity index (χ0v) is 18.5. The highest BCUT2D eigenvalue weighted by Crippen LogP contribution is 2.40. The Kier molecular flexibility index (Phi) is 7.02. The summed E-state index contributed by atoms with van der Waals surface area (Å²) in [7, 11) is 0. The molecule has 2 fully saturated rings. The first-order valence-corrected chi connectivity index (χ1v) is 11.1. The lowest BCUT2D eigenvalue weighted by Gasteiger charge is -2.34. The average Bonchev–Trinajstić information content (AvgIpc) is 3.12. The van der Waals surface area contributed by atoms with Crippen LogP contribution in [0.15, 0.2) is 18.2 Å². The molecule has 1 amide bonds. The first kappa shape index (κ1) is 23.2. The van der Waals surface area contributed by atoms with E-state index in [1.54, 1.807) is 25.7 Å². The van der Waals surface area contributed by atoms with Crippen LogP contribution in [-0.2, 0) is 16.0 Å². The summed E-state index contributed by atoms with van der Waals surface area (Å²) in [6, 6.07) is 3.15. The van der Waals surface area contributed by atoms with E-state index >= 15 is 0 Å². The van der Waals surface area contributed by atoms with Gasteiger partial charge in [0.1, 0.15) is 11.4 Å². The van der Waals surface area contributed by atoms with E-state index in [1.165, 1.54) is 18.6 Å². The van der Waals surface area contributed by atoms with Gasteiger partial charge in [0, 0.05) is 13.0 Å². The van der Waals surface area contributed by atoms with Gasteiger partial charge in [0.05, 0.1) is 11.6 Å². The summed E-state index contributed by atoms with van der Waals surface area (Å²) in [5.74, 6) is -1.90. The molecule has 0 radical (unpaired) electrons. The summed E-state index contributed by atoms with van der Waals surface area (Å²) in [6.07, 6.45) is 5.80. The number of hydrogen-bond acceptors (Lipinski definition) is 4. The van der Waals surface area contributed by atoms with Gasteiger partial charge >= 0.3 is 12.1 Å². The highest BCUT2D eigenvalue weighted by molar-refractivity contribution is 5.91. The van der Waals surface area contributed by atoms with Crippen molar-refractivity contribution >= 4 is 17.8 Å². The second-order valence-electron chi connectivity index (χ2n) is 9.73. The molecule has 6 nitrogen and oxygen atoms in total. The molecule has 0 spiro atoms. The zero-order valence-electron chi connectivity index (χ0n) is 18.5. The Morgan fingerprint density at radius 2 is 1.81 bits per heavy atom. The number of halogens is 1. The lowest BCUT2D eigenvalue weighted by atomic mass is 9.75. The van der Waals surface area contributed by atoms with Gasteiger partial charge in [-0.3, -0.25) is 9.69 Å². The Bertz CT molecular complexity index is 841. The van der Waals surface area contributed by atoms with Gasteiger partial charge in [0.15, 0.2) is 5.78 Å².